The van der Waals surface area contributed by atoms with Gasteiger partial charge in [-0.05, 0) is 102 Å². The molecular weight excluding hydrogens is 1310 g/mol. The first-order valence-electron chi connectivity index (χ1n) is 32.7. The molecule has 1 aliphatic rings. The van der Waals surface area contributed by atoms with E-state index in [0.29, 0.717) is 25.8 Å². The zero-order valence-corrected chi connectivity index (χ0v) is 57.9. The Labute approximate surface area is 573 Å². The van der Waals surface area contributed by atoms with Crippen molar-refractivity contribution in [1.29, 1.82) is 0 Å². The summed E-state index contributed by atoms with van der Waals surface area (Å²) in [5.74, 6) is -19.6. The molecule has 0 aromatic carbocycles. The minimum absolute atomic E-state index is 0.00760. The summed E-state index contributed by atoms with van der Waals surface area (Å²) < 4.78 is 0. The minimum atomic E-state index is -1.84. The maximum atomic E-state index is 14.1. The summed E-state index contributed by atoms with van der Waals surface area (Å²) in [7, 11) is 0. The summed E-state index contributed by atoms with van der Waals surface area (Å²) >= 11 is 0. The minimum Gasteiger partial charge on any atom is -0.481 e. The largest absolute Gasteiger partial charge is 0.481 e. The molecule has 38 nitrogen and oxygen atoms in total. The molecule has 0 aromatic rings. The van der Waals surface area contributed by atoms with Crippen LogP contribution in [0.4, 0.5) is 0 Å². The van der Waals surface area contributed by atoms with E-state index in [-0.39, 0.29) is 44.1 Å². The number of hydrogen-bond acceptors (Lipinski definition) is 21. The predicted octanol–water partition coefficient (Wildman–Crippen LogP) is -7.13. The van der Waals surface area contributed by atoms with E-state index < -0.39 is 237 Å². The Morgan fingerprint density at radius 2 is 0.929 bits per heavy atom. The number of aliphatic hydroxyl groups excluding tert-OH is 2. The summed E-state index contributed by atoms with van der Waals surface area (Å²) in [5, 5.41) is 79.8. The molecule has 0 bridgehead atoms. The Morgan fingerprint density at radius 3 is 1.44 bits per heavy atom. The average molecular weight is 1410 g/mol. The van der Waals surface area contributed by atoms with Crippen molar-refractivity contribution in [3.8, 4) is 0 Å². The molecule has 1 saturated heterocycles. The second-order valence-electron chi connectivity index (χ2n) is 25.7. The molecule has 1 aliphatic heterocycles. The van der Waals surface area contributed by atoms with Gasteiger partial charge in [0.15, 0.2) is 0 Å². The predicted molar refractivity (Wildman–Crippen MR) is 349 cm³/mol. The maximum absolute atomic E-state index is 14.1. The van der Waals surface area contributed by atoms with Gasteiger partial charge in [0.1, 0.15) is 66.5 Å². The third-order valence-corrected chi connectivity index (χ3v) is 15.2. The van der Waals surface area contributed by atoms with E-state index >= 15 is 0 Å². The van der Waals surface area contributed by atoms with E-state index in [4.69, 9.17) is 16.6 Å². The van der Waals surface area contributed by atoms with E-state index in [1.165, 1.54) is 46.4 Å². The number of nitrogens with one attached hydrogen (secondary N) is 13. The first-order valence-corrected chi connectivity index (χ1v) is 32.7. The van der Waals surface area contributed by atoms with Gasteiger partial charge in [-0.2, -0.15) is 0 Å². The van der Waals surface area contributed by atoms with Gasteiger partial charge in [-0.25, -0.2) is 4.79 Å². The van der Waals surface area contributed by atoms with Crippen LogP contribution in [0.5, 0.6) is 0 Å². The normalized spacial score (nSPS) is 16.4. The SMILES string of the molecule is CC(C)C[C@H](NC(=O)[C@H](CC(=O)O)NC(=O)CNC(=O)[C@H](C)NC(=O)[C@H](CCCCN)NC(=O)[C@H](C)N)C(=O)N[C@H](C(=O)N[C@H](C(=O)N[C@H](C(=O)N[C@@H](CO)C(=O)N[C@@H](CC(C)C)C(=O)N1CCC[C@H]1C(=O)NCC(=O)NCC(=O)N[C@@H](CCC(=O)O)C(=O)O)C(C)C)[C@@H](C)O)C(C)C. The number of aliphatic carboxylic acids is 3. The van der Waals surface area contributed by atoms with Crippen molar-refractivity contribution in [2.75, 3.05) is 39.3 Å². The molecule has 14 amide bonds. The summed E-state index contributed by atoms with van der Waals surface area (Å²) in [6.45, 7) is 13.7. The lowest BCUT2D eigenvalue weighted by Crippen LogP contribution is -2.63. The van der Waals surface area contributed by atoms with E-state index in [1.807, 2.05) is 0 Å². The lowest BCUT2D eigenvalue weighted by molar-refractivity contribution is -0.143. The topological polar surface area (TPSA) is 603 Å². The standard InChI is InChI=1S/C61H104N16O22/c1-28(2)21-37(71-53(90)38(23-46(85)86)69-44(82)26-65-51(88)33(10)67-52(89)35(15-12-13-19-62)70-50(87)32(9)63)54(91)74-48(31(7)8)58(95)76-49(34(11)79)59(96)75-47(30(5)6)57(94)73-40(27-78)55(92)72-39(22-29(3)4)60(97)77-20-14-16-41(77)56(93)66-24-42(80)64-25-43(81)68-36(61(98)99)17-18-45(83)84/h28-41,47-49,78-79H,12-27,62-63H2,1-11H3,(H,64,80)(H,65,88)(H,66,93)(H,67,89)(H,68,81)(H,69,82)(H,70,87)(H,71,90)(H,72,92)(H,73,94)(H,74,91)(H,75,96)(H,76,95)(H,83,84)(H,85,86)(H,98,99)/t32-,33-,34+,35-,36-,37-,38-,39-,40-,41-,47-,48-,49-/m0/s1. The maximum Gasteiger partial charge on any atom is 0.326 e. The lowest BCUT2D eigenvalue weighted by atomic mass is 9.98. The smallest absolute Gasteiger partial charge is 0.326 e. The first-order chi connectivity index (χ1) is 46.1. The van der Waals surface area contributed by atoms with Gasteiger partial charge < -0.3 is 111 Å². The van der Waals surface area contributed by atoms with Crippen LogP contribution < -0.4 is 80.6 Å². The van der Waals surface area contributed by atoms with Gasteiger partial charge in [0, 0.05) is 13.0 Å². The van der Waals surface area contributed by atoms with Gasteiger partial charge in [0.05, 0.1) is 44.8 Å². The Hall–Kier alpha value is -9.17. The number of nitrogens with zero attached hydrogens (tertiary/aromatic N) is 1. The molecule has 1 fully saturated rings. The van der Waals surface area contributed by atoms with Gasteiger partial charge in [0.2, 0.25) is 82.7 Å². The highest BCUT2D eigenvalue weighted by atomic mass is 16.4. The molecule has 0 spiro atoms. The molecule has 0 saturated carbocycles. The number of hydrogen-bond donors (Lipinski definition) is 20. The quantitative estimate of drug-likeness (QED) is 0.0252. The van der Waals surface area contributed by atoms with Crippen LogP contribution in [-0.2, 0) is 81.5 Å². The van der Waals surface area contributed by atoms with Gasteiger partial charge in [-0.3, -0.25) is 76.7 Å². The van der Waals surface area contributed by atoms with Crippen LogP contribution in [0.25, 0.3) is 0 Å². The number of carbonyl (C=O) groups is 17. The molecular formula is C61H104N16O22. The van der Waals surface area contributed by atoms with E-state index in [1.54, 1.807) is 27.7 Å². The number of carboxylic acid groups (broad SMARTS) is 3. The van der Waals surface area contributed by atoms with Crippen molar-refractivity contribution < 1.29 is 107 Å². The second kappa shape index (κ2) is 44.0. The monoisotopic (exact) mass is 1410 g/mol. The number of amides is 14. The van der Waals surface area contributed by atoms with Crippen LogP contribution in [0.15, 0.2) is 0 Å². The first kappa shape index (κ1) is 87.8. The number of unbranched alkanes of at least 4 members (excludes halogenated alkanes) is 1. The van der Waals surface area contributed by atoms with Crippen LogP contribution >= 0.6 is 0 Å². The van der Waals surface area contributed by atoms with Crippen molar-refractivity contribution in [3.63, 3.8) is 0 Å². The van der Waals surface area contributed by atoms with Gasteiger partial charge >= 0.3 is 17.9 Å². The number of rotatable bonds is 45. The fourth-order valence-corrected chi connectivity index (χ4v) is 9.81. The highest BCUT2D eigenvalue weighted by Gasteiger charge is 2.41. The molecule has 38 heteroatoms. The number of aliphatic hydroxyl groups is 2. The molecule has 0 radical (unpaired) electrons. The Morgan fingerprint density at radius 1 is 0.465 bits per heavy atom. The van der Waals surface area contributed by atoms with E-state index in [9.17, 15) is 102 Å². The Kier molecular flexibility index (Phi) is 39.0. The fraction of sp³-hybridized carbons (Fsp3) is 0.721. The lowest BCUT2D eigenvalue weighted by Gasteiger charge is -2.31. The zero-order chi connectivity index (χ0) is 75.7. The van der Waals surface area contributed by atoms with E-state index in [0.717, 1.165) is 6.92 Å². The molecule has 1 rings (SSSR count). The van der Waals surface area contributed by atoms with Crippen molar-refractivity contribution >= 4 is 101 Å². The van der Waals surface area contributed by atoms with E-state index in [2.05, 4.69) is 69.1 Å². The van der Waals surface area contributed by atoms with Gasteiger partial charge in [0.25, 0.3) is 0 Å². The zero-order valence-electron chi connectivity index (χ0n) is 57.9. The molecule has 13 atom stereocenters. The van der Waals surface area contributed by atoms with Crippen LogP contribution in [0.2, 0.25) is 0 Å². The summed E-state index contributed by atoms with van der Waals surface area (Å²) in [6.07, 6.45) is -2.20. The molecule has 1 heterocycles. The Balaban J connectivity index is 3.19. The van der Waals surface area contributed by atoms with Crippen LogP contribution in [0.3, 0.4) is 0 Å². The number of carboxylic acids is 3. The fourth-order valence-electron chi connectivity index (χ4n) is 9.81. The van der Waals surface area contributed by atoms with Gasteiger partial charge in [-0.15, -0.1) is 0 Å². The third kappa shape index (κ3) is 32.4. The van der Waals surface area contributed by atoms with Crippen molar-refractivity contribution in [3.05, 3.63) is 0 Å². The highest BCUT2D eigenvalue weighted by Crippen LogP contribution is 2.21. The van der Waals surface area contributed by atoms with Gasteiger partial charge in [-0.1, -0.05) is 55.4 Å². The molecule has 0 unspecified atom stereocenters. The van der Waals surface area contributed by atoms with Crippen LogP contribution in [0.1, 0.15) is 140 Å². The second-order valence-corrected chi connectivity index (χ2v) is 25.7. The summed E-state index contributed by atoms with van der Waals surface area (Å²) in [4.78, 5) is 223. The molecule has 0 aliphatic carbocycles. The highest BCUT2D eigenvalue weighted by molar-refractivity contribution is 6.00. The number of carbonyl (C=O) groups excluding carboxylic acids is 14. The van der Waals surface area contributed by atoms with Crippen molar-refractivity contribution in [2.45, 2.75) is 219 Å². The molecule has 0 aromatic heterocycles. The third-order valence-electron chi connectivity index (χ3n) is 15.2. The van der Waals surface area contributed by atoms with Crippen LogP contribution in [0, 0.1) is 23.7 Å². The molecule has 560 valence electrons. The number of nitrogens with two attached hydrogens (primary N) is 2. The average Bonchev–Trinajstić information content (AvgIpc) is 1.80. The molecule has 22 N–H and O–H groups in total. The van der Waals surface area contributed by atoms with Crippen LogP contribution in [-0.4, -0.2) is 249 Å². The van der Waals surface area contributed by atoms with Crippen molar-refractivity contribution in [1.82, 2.24) is 74.0 Å². The number of likely N-dealkylation sites (tertiary alicyclic amines) is 1. The summed E-state index contributed by atoms with van der Waals surface area (Å²) in [6, 6.07) is -17.3. The summed E-state index contributed by atoms with van der Waals surface area (Å²) in [5.41, 5.74) is 11.2. The Bertz CT molecular complexity index is 2840. The van der Waals surface area contributed by atoms with Crippen molar-refractivity contribution in [2.24, 2.45) is 35.1 Å². The molecule has 99 heavy (non-hydrogen) atoms.